The zero-order valence-corrected chi connectivity index (χ0v) is 15.8. The molecule has 29 heavy (non-hydrogen) atoms. The largest absolute Gasteiger partial charge is 0.456 e. The highest BCUT2D eigenvalue weighted by Gasteiger charge is 2.09. The van der Waals surface area contributed by atoms with E-state index in [-0.39, 0.29) is 0 Å². The Hall–Kier alpha value is -3.84. The van der Waals surface area contributed by atoms with Gasteiger partial charge in [-0.3, -0.25) is 0 Å². The third kappa shape index (κ3) is 2.63. The molecule has 0 aliphatic heterocycles. The van der Waals surface area contributed by atoms with Crippen LogP contribution in [-0.2, 0) is 0 Å². The van der Waals surface area contributed by atoms with E-state index in [2.05, 4.69) is 97.1 Å². The maximum atomic E-state index is 5.96. The molecule has 0 spiro atoms. The lowest BCUT2D eigenvalue weighted by molar-refractivity contribution is 0.669. The second-order valence-corrected chi connectivity index (χ2v) is 7.41. The highest BCUT2D eigenvalue weighted by molar-refractivity contribution is 6.06. The smallest absolute Gasteiger partial charge is 0.135 e. The second kappa shape index (κ2) is 6.35. The summed E-state index contributed by atoms with van der Waals surface area (Å²) in [5.74, 6) is 0. The number of hydrogen-bond acceptors (Lipinski definition) is 1. The van der Waals surface area contributed by atoms with Crippen molar-refractivity contribution in [3.05, 3.63) is 109 Å². The van der Waals surface area contributed by atoms with E-state index in [1.165, 1.54) is 33.0 Å². The van der Waals surface area contributed by atoms with Crippen molar-refractivity contribution in [2.45, 2.75) is 0 Å². The minimum Gasteiger partial charge on any atom is -0.456 e. The Morgan fingerprint density at radius 3 is 1.97 bits per heavy atom. The lowest BCUT2D eigenvalue weighted by Crippen LogP contribution is -1.83. The van der Waals surface area contributed by atoms with E-state index < -0.39 is 0 Å². The first-order valence-corrected chi connectivity index (χ1v) is 9.87. The Kier molecular flexibility index (Phi) is 3.54. The van der Waals surface area contributed by atoms with Gasteiger partial charge in [0.2, 0.25) is 0 Å². The first-order chi connectivity index (χ1) is 14.4. The molecule has 1 heteroatoms. The van der Waals surface area contributed by atoms with Crippen LogP contribution in [0.3, 0.4) is 0 Å². The first kappa shape index (κ1) is 16.1. The van der Waals surface area contributed by atoms with Gasteiger partial charge in [0.1, 0.15) is 11.2 Å². The summed E-state index contributed by atoms with van der Waals surface area (Å²) < 4.78 is 5.96. The summed E-state index contributed by atoms with van der Waals surface area (Å²) >= 11 is 0. The van der Waals surface area contributed by atoms with Gasteiger partial charge >= 0.3 is 0 Å². The molecule has 0 atom stereocenters. The number of hydrogen-bond donors (Lipinski definition) is 0. The van der Waals surface area contributed by atoms with Gasteiger partial charge in [0.15, 0.2) is 0 Å². The second-order valence-electron chi connectivity index (χ2n) is 7.41. The van der Waals surface area contributed by atoms with Gasteiger partial charge in [-0.1, -0.05) is 91.0 Å². The van der Waals surface area contributed by atoms with Crippen molar-refractivity contribution in [3.8, 4) is 22.3 Å². The maximum Gasteiger partial charge on any atom is 0.135 e. The molecule has 6 aromatic rings. The molecule has 0 amide bonds. The summed E-state index contributed by atoms with van der Waals surface area (Å²) in [7, 11) is 0. The summed E-state index contributed by atoms with van der Waals surface area (Å²) in [5.41, 5.74) is 6.79. The molecule has 5 aromatic carbocycles. The number of para-hydroxylation sites is 1. The van der Waals surface area contributed by atoms with Gasteiger partial charge < -0.3 is 4.42 Å². The molecule has 0 bridgehead atoms. The van der Waals surface area contributed by atoms with E-state index in [0.717, 1.165) is 21.9 Å². The molecular weight excluding hydrogens is 352 g/mol. The average Bonchev–Trinajstić information content (AvgIpc) is 3.17. The number of fused-ring (bicyclic) bond motifs is 4. The molecule has 0 aliphatic carbocycles. The van der Waals surface area contributed by atoms with Crippen LogP contribution in [0.1, 0.15) is 0 Å². The van der Waals surface area contributed by atoms with Crippen molar-refractivity contribution >= 4 is 32.7 Å². The molecule has 0 saturated carbocycles. The highest BCUT2D eigenvalue weighted by Crippen LogP contribution is 2.34. The average molecular weight is 370 g/mol. The molecule has 0 unspecified atom stereocenters. The zero-order chi connectivity index (χ0) is 19.2. The summed E-state index contributed by atoms with van der Waals surface area (Å²) in [4.78, 5) is 0. The SMILES string of the molecule is c1ccc2c(-c3ccc(-c4ccc5oc6ccccc6c5c4)cc3)cccc2c1. The first-order valence-electron chi connectivity index (χ1n) is 9.87. The quantitative estimate of drug-likeness (QED) is 0.300. The van der Waals surface area contributed by atoms with Crippen LogP contribution < -0.4 is 0 Å². The molecule has 1 aromatic heterocycles. The monoisotopic (exact) mass is 370 g/mol. The van der Waals surface area contributed by atoms with Crippen molar-refractivity contribution in [1.29, 1.82) is 0 Å². The van der Waals surface area contributed by atoms with Gasteiger partial charge in [0, 0.05) is 10.8 Å². The third-order valence-electron chi connectivity index (χ3n) is 5.70. The van der Waals surface area contributed by atoms with Crippen LogP contribution >= 0.6 is 0 Å². The van der Waals surface area contributed by atoms with Crippen molar-refractivity contribution in [1.82, 2.24) is 0 Å². The highest BCUT2D eigenvalue weighted by atomic mass is 16.3. The molecule has 1 heterocycles. The summed E-state index contributed by atoms with van der Waals surface area (Å²) in [6, 6.07) is 38.5. The van der Waals surface area contributed by atoms with Gasteiger partial charge in [0.05, 0.1) is 0 Å². The fraction of sp³-hybridized carbons (Fsp3) is 0. The van der Waals surface area contributed by atoms with Crippen molar-refractivity contribution in [2.24, 2.45) is 0 Å². The predicted molar refractivity (Wildman–Crippen MR) is 122 cm³/mol. The molecule has 0 N–H and O–H groups in total. The van der Waals surface area contributed by atoms with Gasteiger partial charge in [0.25, 0.3) is 0 Å². The minimum absolute atomic E-state index is 0.933. The van der Waals surface area contributed by atoms with Crippen LogP contribution in [0.15, 0.2) is 114 Å². The number of benzene rings is 5. The zero-order valence-electron chi connectivity index (χ0n) is 15.8. The summed E-state index contributed by atoms with van der Waals surface area (Å²) in [5, 5.41) is 4.88. The number of rotatable bonds is 2. The minimum atomic E-state index is 0.933. The van der Waals surface area contributed by atoms with Crippen molar-refractivity contribution in [3.63, 3.8) is 0 Å². The molecule has 0 aliphatic rings. The van der Waals surface area contributed by atoms with E-state index >= 15 is 0 Å². The van der Waals surface area contributed by atoms with E-state index in [0.29, 0.717) is 0 Å². The van der Waals surface area contributed by atoms with Gasteiger partial charge in [-0.25, -0.2) is 0 Å². The van der Waals surface area contributed by atoms with E-state index in [9.17, 15) is 0 Å². The summed E-state index contributed by atoms with van der Waals surface area (Å²) in [6.07, 6.45) is 0. The molecule has 1 nitrogen and oxygen atoms in total. The van der Waals surface area contributed by atoms with Crippen molar-refractivity contribution in [2.75, 3.05) is 0 Å². The van der Waals surface area contributed by atoms with Crippen LogP contribution in [0.25, 0.3) is 55.0 Å². The van der Waals surface area contributed by atoms with Crippen molar-refractivity contribution < 1.29 is 4.42 Å². The van der Waals surface area contributed by atoms with Crippen LogP contribution in [0, 0.1) is 0 Å². The maximum absolute atomic E-state index is 5.96. The molecule has 0 saturated heterocycles. The summed E-state index contributed by atoms with van der Waals surface area (Å²) in [6.45, 7) is 0. The molecule has 6 rings (SSSR count). The van der Waals surface area contributed by atoms with Crippen LogP contribution in [0.4, 0.5) is 0 Å². The Labute approximate surface area is 168 Å². The molecule has 136 valence electrons. The van der Waals surface area contributed by atoms with Gasteiger partial charge in [-0.05, 0) is 51.2 Å². The third-order valence-corrected chi connectivity index (χ3v) is 5.70. The van der Waals surface area contributed by atoms with E-state index in [1.807, 2.05) is 12.1 Å². The molecular formula is C28H18O. The topological polar surface area (TPSA) is 13.1 Å². The molecule has 0 fully saturated rings. The fourth-order valence-corrected chi connectivity index (χ4v) is 4.23. The van der Waals surface area contributed by atoms with E-state index in [4.69, 9.17) is 4.42 Å². The predicted octanol–water partition coefficient (Wildman–Crippen LogP) is 8.07. The van der Waals surface area contributed by atoms with Crippen LogP contribution in [-0.4, -0.2) is 0 Å². The molecule has 0 radical (unpaired) electrons. The Morgan fingerprint density at radius 2 is 1.07 bits per heavy atom. The lowest BCUT2D eigenvalue weighted by atomic mass is 9.96. The van der Waals surface area contributed by atoms with Gasteiger partial charge in [-0.2, -0.15) is 0 Å². The fourth-order valence-electron chi connectivity index (χ4n) is 4.23. The van der Waals surface area contributed by atoms with E-state index in [1.54, 1.807) is 0 Å². The normalized spacial score (nSPS) is 11.4. The van der Waals surface area contributed by atoms with Gasteiger partial charge in [-0.15, -0.1) is 0 Å². The Bertz CT molecular complexity index is 1480. The lowest BCUT2D eigenvalue weighted by Gasteiger charge is -2.08. The standard InChI is InChI=1S/C28H18O/c1-2-8-23-20(6-1)7-5-10-24(23)21-14-12-19(13-15-21)22-16-17-28-26(18-22)25-9-3-4-11-27(25)29-28/h1-18H. The van der Waals surface area contributed by atoms with Crippen LogP contribution in [0.5, 0.6) is 0 Å². The Morgan fingerprint density at radius 1 is 0.414 bits per heavy atom. The van der Waals surface area contributed by atoms with Crippen LogP contribution in [0.2, 0.25) is 0 Å². The Balaban J connectivity index is 1.45. The number of furan rings is 1.